The summed E-state index contributed by atoms with van der Waals surface area (Å²) in [5.74, 6) is -0.0404. The molecule has 3 N–H and O–H groups in total. The van der Waals surface area contributed by atoms with Crippen molar-refractivity contribution < 1.29 is 24.5 Å². The van der Waals surface area contributed by atoms with Gasteiger partial charge in [-0.1, -0.05) is 251 Å². The van der Waals surface area contributed by atoms with Gasteiger partial charge in [0.2, 0.25) is 5.91 Å². The number of hydrogen-bond acceptors (Lipinski definition) is 5. The molecule has 0 aliphatic heterocycles. The van der Waals surface area contributed by atoms with Crippen LogP contribution < -0.4 is 5.32 Å². The van der Waals surface area contributed by atoms with Crippen molar-refractivity contribution in [2.24, 2.45) is 0 Å². The van der Waals surface area contributed by atoms with Crippen LogP contribution in [0.5, 0.6) is 0 Å². The first-order valence-electron chi connectivity index (χ1n) is 27.4. The SMILES string of the molecule is CCCCC/C=C\CCCCCCCC(=O)OCCCCCCCCCCCCCCCCCCCCC(=O)NC(CO)C(O)CCCCCCCCCCCCCCCC. The monoisotopic (exact) mass is 862 g/mol. The van der Waals surface area contributed by atoms with Gasteiger partial charge in [-0.3, -0.25) is 9.59 Å². The van der Waals surface area contributed by atoms with E-state index in [9.17, 15) is 19.8 Å². The van der Waals surface area contributed by atoms with Crippen molar-refractivity contribution in [2.75, 3.05) is 13.2 Å². The summed E-state index contributed by atoms with van der Waals surface area (Å²) in [5, 5.41) is 23.2. The maximum absolute atomic E-state index is 12.5. The number of nitrogens with one attached hydrogen (secondary N) is 1. The fraction of sp³-hybridized carbons (Fsp3) is 0.927. The van der Waals surface area contributed by atoms with Gasteiger partial charge in [0.1, 0.15) is 0 Å². The summed E-state index contributed by atoms with van der Waals surface area (Å²) in [6.45, 7) is 4.93. The Kier molecular flexibility index (Phi) is 50.1. The Hall–Kier alpha value is -1.40. The Morgan fingerprint density at radius 3 is 1.20 bits per heavy atom. The number of aliphatic hydroxyl groups excluding tert-OH is 2. The standard InChI is InChI=1S/C55H107NO5/c1-3-5-7-9-11-13-15-17-24-27-31-35-39-43-47-53(58)52(51-57)56-54(59)48-44-40-36-32-28-25-22-20-18-19-21-23-26-30-34-38-42-46-50-61-55(60)49-45-41-37-33-29-16-14-12-10-8-6-4-2/h12,14,52-53,57-58H,3-11,13,15-51H2,1-2H3,(H,56,59)/b14-12-. The van der Waals surface area contributed by atoms with Crippen LogP contribution in [0.1, 0.15) is 303 Å². The van der Waals surface area contributed by atoms with E-state index in [0.29, 0.717) is 25.9 Å². The number of unbranched alkanes of at least 4 members (excludes halogenated alkanes) is 38. The second-order valence-electron chi connectivity index (χ2n) is 18.9. The van der Waals surface area contributed by atoms with Gasteiger partial charge in [-0.05, 0) is 51.4 Å². The zero-order chi connectivity index (χ0) is 44.4. The van der Waals surface area contributed by atoms with Crippen molar-refractivity contribution >= 4 is 11.9 Å². The van der Waals surface area contributed by atoms with Crippen LogP contribution in [0, 0.1) is 0 Å². The van der Waals surface area contributed by atoms with Crippen LogP contribution in [0.2, 0.25) is 0 Å². The van der Waals surface area contributed by atoms with Gasteiger partial charge in [-0.2, -0.15) is 0 Å². The largest absolute Gasteiger partial charge is 0.466 e. The highest BCUT2D eigenvalue weighted by Crippen LogP contribution is 2.17. The first-order valence-corrected chi connectivity index (χ1v) is 27.4. The van der Waals surface area contributed by atoms with E-state index in [4.69, 9.17) is 4.74 Å². The minimum atomic E-state index is -0.665. The van der Waals surface area contributed by atoms with Crippen molar-refractivity contribution in [3.05, 3.63) is 12.2 Å². The van der Waals surface area contributed by atoms with Gasteiger partial charge in [-0.15, -0.1) is 0 Å². The number of rotatable bonds is 51. The Balaban J connectivity index is 3.41. The molecule has 2 unspecified atom stereocenters. The molecule has 0 heterocycles. The van der Waals surface area contributed by atoms with E-state index >= 15 is 0 Å². The molecule has 1 amide bonds. The van der Waals surface area contributed by atoms with Crippen molar-refractivity contribution in [1.82, 2.24) is 5.32 Å². The number of carbonyl (C=O) groups excluding carboxylic acids is 2. The number of carbonyl (C=O) groups is 2. The zero-order valence-electron chi connectivity index (χ0n) is 41.2. The van der Waals surface area contributed by atoms with E-state index in [1.807, 2.05) is 0 Å². The Labute approximate surface area is 380 Å². The molecule has 0 spiro atoms. The molecule has 0 aromatic rings. The molecule has 0 aromatic carbocycles. The molecular weight excluding hydrogens is 755 g/mol. The Bertz CT molecular complexity index is 909. The second kappa shape index (κ2) is 51.2. The average Bonchev–Trinajstić information content (AvgIpc) is 3.26. The molecule has 0 rings (SSSR count). The number of hydrogen-bond donors (Lipinski definition) is 3. The smallest absolute Gasteiger partial charge is 0.305 e. The third-order valence-electron chi connectivity index (χ3n) is 12.8. The lowest BCUT2D eigenvalue weighted by Crippen LogP contribution is -2.45. The summed E-state index contributed by atoms with van der Waals surface area (Å²) in [5.41, 5.74) is 0. The first kappa shape index (κ1) is 59.6. The van der Waals surface area contributed by atoms with Gasteiger partial charge >= 0.3 is 5.97 Å². The highest BCUT2D eigenvalue weighted by Gasteiger charge is 2.20. The first-order chi connectivity index (χ1) is 30.0. The van der Waals surface area contributed by atoms with Gasteiger partial charge in [-0.25, -0.2) is 0 Å². The molecule has 0 aromatic heterocycles. The number of esters is 1. The summed E-state index contributed by atoms with van der Waals surface area (Å²) in [7, 11) is 0. The lowest BCUT2D eigenvalue weighted by Gasteiger charge is -2.22. The van der Waals surface area contributed by atoms with Gasteiger partial charge < -0.3 is 20.3 Å². The van der Waals surface area contributed by atoms with Gasteiger partial charge in [0.25, 0.3) is 0 Å². The summed E-state index contributed by atoms with van der Waals surface area (Å²) in [4.78, 5) is 24.4. The van der Waals surface area contributed by atoms with E-state index in [2.05, 4.69) is 31.3 Å². The summed E-state index contributed by atoms with van der Waals surface area (Å²) >= 11 is 0. The molecule has 0 saturated carbocycles. The molecule has 0 aliphatic rings. The van der Waals surface area contributed by atoms with Crippen molar-refractivity contribution in [3.63, 3.8) is 0 Å². The van der Waals surface area contributed by atoms with Crippen molar-refractivity contribution in [2.45, 2.75) is 315 Å². The predicted molar refractivity (Wildman–Crippen MR) is 264 cm³/mol. The number of aliphatic hydroxyl groups is 2. The van der Waals surface area contributed by atoms with E-state index in [1.165, 1.54) is 225 Å². The van der Waals surface area contributed by atoms with E-state index in [0.717, 1.165) is 44.9 Å². The number of ether oxygens (including phenoxy) is 1. The van der Waals surface area contributed by atoms with Gasteiger partial charge in [0.15, 0.2) is 0 Å². The Morgan fingerprint density at radius 1 is 0.443 bits per heavy atom. The zero-order valence-corrected chi connectivity index (χ0v) is 41.2. The molecule has 0 saturated heterocycles. The third kappa shape index (κ3) is 47.9. The fourth-order valence-electron chi connectivity index (χ4n) is 8.58. The third-order valence-corrected chi connectivity index (χ3v) is 12.8. The quantitative estimate of drug-likeness (QED) is 0.0322. The van der Waals surface area contributed by atoms with Crippen molar-refractivity contribution in [3.8, 4) is 0 Å². The van der Waals surface area contributed by atoms with Crippen LogP contribution in [0.25, 0.3) is 0 Å². The molecule has 2 atom stereocenters. The summed E-state index contributed by atoms with van der Waals surface area (Å²) < 4.78 is 5.46. The molecular formula is C55H107NO5. The van der Waals surface area contributed by atoms with Crippen molar-refractivity contribution in [1.29, 1.82) is 0 Å². The maximum atomic E-state index is 12.5. The van der Waals surface area contributed by atoms with Gasteiger partial charge in [0, 0.05) is 12.8 Å². The molecule has 6 nitrogen and oxygen atoms in total. The molecule has 0 fully saturated rings. The fourth-order valence-corrected chi connectivity index (χ4v) is 8.58. The topological polar surface area (TPSA) is 95.9 Å². The second-order valence-corrected chi connectivity index (χ2v) is 18.9. The minimum Gasteiger partial charge on any atom is -0.466 e. The van der Waals surface area contributed by atoms with Crippen LogP contribution in [-0.2, 0) is 14.3 Å². The predicted octanol–water partition coefficient (Wildman–Crippen LogP) is 16.5. The maximum Gasteiger partial charge on any atom is 0.305 e. The Morgan fingerprint density at radius 2 is 0.770 bits per heavy atom. The highest BCUT2D eigenvalue weighted by molar-refractivity contribution is 5.76. The lowest BCUT2D eigenvalue weighted by molar-refractivity contribution is -0.143. The summed E-state index contributed by atoms with van der Waals surface area (Å²) in [6, 6.07) is -0.543. The highest BCUT2D eigenvalue weighted by atomic mass is 16.5. The number of allylic oxidation sites excluding steroid dienone is 2. The molecule has 61 heavy (non-hydrogen) atoms. The average molecular weight is 862 g/mol. The van der Waals surface area contributed by atoms with E-state index < -0.39 is 12.1 Å². The molecule has 0 bridgehead atoms. The van der Waals surface area contributed by atoms with E-state index in [-0.39, 0.29) is 18.5 Å². The lowest BCUT2D eigenvalue weighted by atomic mass is 10.0. The molecule has 6 heteroatoms. The van der Waals surface area contributed by atoms with Crippen LogP contribution >= 0.6 is 0 Å². The van der Waals surface area contributed by atoms with E-state index in [1.54, 1.807) is 0 Å². The van der Waals surface area contributed by atoms with Crippen LogP contribution in [0.4, 0.5) is 0 Å². The minimum absolute atomic E-state index is 0.00248. The van der Waals surface area contributed by atoms with Crippen LogP contribution in [-0.4, -0.2) is 47.4 Å². The summed E-state index contributed by atoms with van der Waals surface area (Å²) in [6.07, 6.45) is 59.0. The molecule has 362 valence electrons. The normalized spacial score (nSPS) is 12.7. The molecule has 0 aliphatic carbocycles. The number of amides is 1. The van der Waals surface area contributed by atoms with Gasteiger partial charge in [0.05, 0.1) is 25.4 Å². The van der Waals surface area contributed by atoms with Crippen LogP contribution in [0.15, 0.2) is 12.2 Å². The van der Waals surface area contributed by atoms with Crippen LogP contribution in [0.3, 0.4) is 0 Å². The molecule has 0 radical (unpaired) electrons.